The van der Waals surface area contributed by atoms with Gasteiger partial charge >= 0.3 is 6.18 Å². The zero-order valence-corrected chi connectivity index (χ0v) is 10.7. The summed E-state index contributed by atoms with van der Waals surface area (Å²) < 4.78 is 42.9. The second-order valence-corrected chi connectivity index (χ2v) is 4.31. The number of alkyl halides is 4. The lowest BCUT2D eigenvalue weighted by Crippen LogP contribution is -2.11. The van der Waals surface area contributed by atoms with Crippen molar-refractivity contribution < 1.29 is 22.7 Å². The summed E-state index contributed by atoms with van der Waals surface area (Å²) in [5, 5.41) is 0. The molecule has 17 heavy (non-hydrogen) atoms. The fourth-order valence-electron chi connectivity index (χ4n) is 1.42. The highest BCUT2D eigenvalue weighted by Crippen LogP contribution is 2.41. The molecule has 1 atom stereocenters. The fourth-order valence-corrected chi connectivity index (χ4v) is 1.79. The zero-order chi connectivity index (χ0) is 13.2. The van der Waals surface area contributed by atoms with Gasteiger partial charge in [0, 0.05) is 5.56 Å². The van der Waals surface area contributed by atoms with Gasteiger partial charge in [0.25, 0.3) is 0 Å². The molecule has 0 fully saturated rings. The third kappa shape index (κ3) is 3.00. The van der Waals surface area contributed by atoms with Crippen LogP contribution in [0.3, 0.4) is 0 Å². The van der Waals surface area contributed by atoms with Gasteiger partial charge in [-0.1, -0.05) is 28.1 Å². The van der Waals surface area contributed by atoms with Gasteiger partial charge in [0.15, 0.2) is 0 Å². The lowest BCUT2D eigenvalue weighted by Gasteiger charge is -2.17. The molecule has 0 N–H and O–H groups in total. The molecule has 6 heteroatoms. The number of ketones is 1. The molecule has 0 radical (unpaired) electrons. The summed E-state index contributed by atoms with van der Waals surface area (Å²) in [5.74, 6) is -0.611. The van der Waals surface area contributed by atoms with Gasteiger partial charge in [0.1, 0.15) is 16.4 Å². The summed E-state index contributed by atoms with van der Waals surface area (Å²) in [7, 11) is 1.15. The minimum Gasteiger partial charge on any atom is -0.496 e. The number of ether oxygens (including phenoxy) is 1. The third-order valence-electron chi connectivity index (χ3n) is 2.18. The molecule has 0 heterocycles. The lowest BCUT2D eigenvalue weighted by molar-refractivity contribution is -0.138. The number of hydrogen-bond acceptors (Lipinski definition) is 2. The molecular formula is C11H10BrF3O2. The van der Waals surface area contributed by atoms with E-state index in [1.54, 1.807) is 0 Å². The van der Waals surface area contributed by atoms with E-state index in [2.05, 4.69) is 15.9 Å². The molecule has 0 aromatic heterocycles. The number of benzene rings is 1. The van der Waals surface area contributed by atoms with Crippen molar-refractivity contribution in [2.75, 3.05) is 7.11 Å². The molecule has 0 aliphatic carbocycles. The molecule has 94 valence electrons. The van der Waals surface area contributed by atoms with E-state index < -0.39 is 16.6 Å². The Bertz CT molecular complexity index is 429. The summed E-state index contributed by atoms with van der Waals surface area (Å²) >= 11 is 3.05. The van der Waals surface area contributed by atoms with Crippen molar-refractivity contribution in [2.24, 2.45) is 0 Å². The number of carbonyl (C=O) groups is 1. The molecule has 1 aromatic carbocycles. The van der Waals surface area contributed by atoms with Crippen LogP contribution in [-0.4, -0.2) is 12.9 Å². The van der Waals surface area contributed by atoms with Crippen molar-refractivity contribution in [1.82, 2.24) is 0 Å². The molecule has 0 aliphatic heterocycles. The average molecular weight is 311 g/mol. The lowest BCUT2D eigenvalue weighted by atomic mass is 10.0. The second-order valence-electron chi connectivity index (χ2n) is 3.40. The summed E-state index contributed by atoms with van der Waals surface area (Å²) in [6.07, 6.45) is -4.51. The van der Waals surface area contributed by atoms with E-state index in [0.29, 0.717) is 0 Å². The molecule has 0 saturated heterocycles. The average Bonchev–Trinajstić information content (AvgIpc) is 2.25. The first-order valence-electron chi connectivity index (χ1n) is 4.67. The van der Waals surface area contributed by atoms with Crippen LogP contribution >= 0.6 is 15.9 Å². The minimum atomic E-state index is -4.51. The predicted octanol–water partition coefficient (Wildman–Crippen LogP) is 3.74. The molecule has 1 aromatic rings. The molecule has 0 amide bonds. The molecule has 0 bridgehead atoms. The number of carbonyl (C=O) groups excluding carboxylic acids is 1. The van der Waals surface area contributed by atoms with E-state index in [1.807, 2.05) is 0 Å². The quantitative estimate of drug-likeness (QED) is 0.795. The van der Waals surface area contributed by atoms with E-state index in [9.17, 15) is 18.0 Å². The van der Waals surface area contributed by atoms with E-state index in [1.165, 1.54) is 19.1 Å². The molecule has 1 rings (SSSR count). The maximum atomic E-state index is 12.7. The van der Waals surface area contributed by atoms with Gasteiger partial charge < -0.3 is 4.74 Å². The van der Waals surface area contributed by atoms with E-state index in [-0.39, 0.29) is 17.1 Å². The van der Waals surface area contributed by atoms with Gasteiger partial charge in [-0.25, -0.2) is 0 Å². The predicted molar refractivity (Wildman–Crippen MR) is 60.3 cm³/mol. The van der Waals surface area contributed by atoms with E-state index in [0.717, 1.165) is 13.2 Å². The Kier molecular flexibility index (Phi) is 4.19. The summed E-state index contributed by atoms with van der Waals surface area (Å²) in [6.45, 7) is 1.29. The van der Waals surface area contributed by atoms with Gasteiger partial charge in [0.05, 0.1) is 12.7 Å². The Hall–Kier alpha value is -1.04. The Labute approximate surface area is 105 Å². The number of methoxy groups -OCH3 is 1. The van der Waals surface area contributed by atoms with Crippen LogP contribution in [0.1, 0.15) is 22.9 Å². The van der Waals surface area contributed by atoms with Crippen molar-refractivity contribution in [3.63, 3.8) is 0 Å². The molecule has 2 nitrogen and oxygen atoms in total. The molecule has 0 spiro atoms. The Morgan fingerprint density at radius 2 is 2.00 bits per heavy atom. The Balaban J connectivity index is 3.39. The maximum Gasteiger partial charge on any atom is 0.419 e. The van der Waals surface area contributed by atoms with Crippen molar-refractivity contribution in [3.8, 4) is 5.75 Å². The second kappa shape index (κ2) is 5.08. The van der Waals surface area contributed by atoms with Crippen LogP contribution in [0, 0.1) is 0 Å². The number of rotatable bonds is 3. The first kappa shape index (κ1) is 14.0. The van der Waals surface area contributed by atoms with Crippen LogP contribution in [0.4, 0.5) is 13.2 Å². The molecule has 0 saturated carbocycles. The monoisotopic (exact) mass is 310 g/mol. The van der Waals surface area contributed by atoms with Gasteiger partial charge in [-0.05, 0) is 13.0 Å². The van der Waals surface area contributed by atoms with Crippen molar-refractivity contribution >= 4 is 21.7 Å². The van der Waals surface area contributed by atoms with Crippen molar-refractivity contribution in [3.05, 3.63) is 29.3 Å². The van der Waals surface area contributed by atoms with Crippen LogP contribution in [0.2, 0.25) is 0 Å². The zero-order valence-electron chi connectivity index (χ0n) is 9.14. The van der Waals surface area contributed by atoms with Crippen LogP contribution in [0.15, 0.2) is 18.2 Å². The highest BCUT2D eigenvalue weighted by molar-refractivity contribution is 9.09. The van der Waals surface area contributed by atoms with Gasteiger partial charge in [0.2, 0.25) is 0 Å². The van der Waals surface area contributed by atoms with Crippen LogP contribution in [-0.2, 0) is 11.0 Å². The largest absolute Gasteiger partial charge is 0.496 e. The Morgan fingerprint density at radius 1 is 1.41 bits per heavy atom. The van der Waals surface area contributed by atoms with Crippen LogP contribution in [0.5, 0.6) is 5.75 Å². The normalized spacial score (nSPS) is 13.3. The first-order valence-corrected chi connectivity index (χ1v) is 5.59. The number of halogens is 4. The first-order chi connectivity index (χ1) is 7.79. The van der Waals surface area contributed by atoms with Gasteiger partial charge in [-0.15, -0.1) is 0 Å². The number of hydrogen-bond donors (Lipinski definition) is 0. The SMILES string of the molecule is COc1c(C(Br)C(C)=O)cccc1C(F)(F)F. The van der Waals surface area contributed by atoms with Crippen molar-refractivity contribution in [1.29, 1.82) is 0 Å². The van der Waals surface area contributed by atoms with Gasteiger partial charge in [-0.3, -0.25) is 4.79 Å². The van der Waals surface area contributed by atoms with Crippen LogP contribution < -0.4 is 4.74 Å². The third-order valence-corrected chi connectivity index (χ3v) is 3.32. The highest BCUT2D eigenvalue weighted by Gasteiger charge is 2.36. The maximum absolute atomic E-state index is 12.7. The molecule has 0 aliphatic rings. The van der Waals surface area contributed by atoms with E-state index in [4.69, 9.17) is 4.74 Å². The topological polar surface area (TPSA) is 26.3 Å². The smallest absolute Gasteiger partial charge is 0.419 e. The van der Waals surface area contributed by atoms with Crippen molar-refractivity contribution in [2.45, 2.75) is 17.9 Å². The molecule has 1 unspecified atom stereocenters. The van der Waals surface area contributed by atoms with Gasteiger partial charge in [-0.2, -0.15) is 13.2 Å². The minimum absolute atomic E-state index is 0.176. The number of Topliss-reactive ketones (excluding diaryl/α,β-unsaturated/α-hetero) is 1. The standard InChI is InChI=1S/C11H10BrF3O2/c1-6(16)9(12)7-4-3-5-8(10(7)17-2)11(13,14)15/h3-5,9H,1-2H3. The summed E-state index contributed by atoms with van der Waals surface area (Å²) in [5.41, 5.74) is -0.710. The molecular weight excluding hydrogens is 301 g/mol. The summed E-state index contributed by atoms with van der Waals surface area (Å²) in [6, 6.07) is 3.59. The van der Waals surface area contributed by atoms with Crippen LogP contribution in [0.25, 0.3) is 0 Å². The fraction of sp³-hybridized carbons (Fsp3) is 0.364. The number of para-hydroxylation sites is 1. The highest BCUT2D eigenvalue weighted by atomic mass is 79.9. The Morgan fingerprint density at radius 3 is 2.41 bits per heavy atom. The summed E-state index contributed by atoms with van der Waals surface area (Å²) in [4.78, 5) is 10.4. The van der Waals surface area contributed by atoms with E-state index >= 15 is 0 Å².